The summed E-state index contributed by atoms with van der Waals surface area (Å²) in [5.74, 6) is -0.443. The Balaban J connectivity index is 1.90. The molecular formula is C21H18N4O3S. The fourth-order valence-electron chi connectivity index (χ4n) is 3.06. The van der Waals surface area contributed by atoms with Gasteiger partial charge in [0.1, 0.15) is 11.6 Å². The van der Waals surface area contributed by atoms with E-state index >= 15 is 0 Å². The number of amides is 1. The summed E-state index contributed by atoms with van der Waals surface area (Å²) >= 11 is 1.53. The lowest BCUT2D eigenvalue weighted by molar-refractivity contribution is -0.384. The average Bonchev–Trinajstić information content (AvgIpc) is 3.32. The van der Waals surface area contributed by atoms with Crippen LogP contribution in [0.5, 0.6) is 0 Å². The predicted octanol–water partition coefficient (Wildman–Crippen LogP) is 4.29. The normalized spacial score (nSPS) is 11.1. The molecule has 7 nitrogen and oxygen atoms in total. The van der Waals surface area contributed by atoms with Crippen LogP contribution in [0.3, 0.4) is 0 Å². The number of aromatic nitrogens is 1. The summed E-state index contributed by atoms with van der Waals surface area (Å²) in [6.07, 6.45) is 1.54. The molecule has 3 aromatic rings. The van der Waals surface area contributed by atoms with E-state index in [0.717, 1.165) is 16.3 Å². The first-order chi connectivity index (χ1) is 13.9. The van der Waals surface area contributed by atoms with E-state index in [-0.39, 0.29) is 11.3 Å². The minimum atomic E-state index is -0.443. The van der Waals surface area contributed by atoms with Crippen molar-refractivity contribution in [3.05, 3.63) is 85.4 Å². The highest BCUT2D eigenvalue weighted by molar-refractivity contribution is 7.09. The SMILES string of the molecule is Cc1cc(C=C(C#N)C(=O)NCc2cccs2)c(C)n1-c1cccc([N+](=O)[O-])c1. The lowest BCUT2D eigenvalue weighted by Crippen LogP contribution is -2.23. The number of nitro benzene ring substituents is 1. The van der Waals surface area contributed by atoms with Crippen LogP contribution in [0.15, 0.2) is 53.4 Å². The molecule has 29 heavy (non-hydrogen) atoms. The van der Waals surface area contributed by atoms with Gasteiger partial charge in [-0.3, -0.25) is 14.9 Å². The van der Waals surface area contributed by atoms with E-state index in [1.54, 1.807) is 18.2 Å². The summed E-state index contributed by atoms with van der Waals surface area (Å²) in [6, 6.07) is 13.9. The topological polar surface area (TPSA) is 101 Å². The number of carbonyl (C=O) groups excluding carboxylic acids is 1. The molecule has 2 heterocycles. The lowest BCUT2D eigenvalue weighted by atomic mass is 10.1. The van der Waals surface area contributed by atoms with E-state index in [1.807, 2.05) is 48.1 Å². The monoisotopic (exact) mass is 406 g/mol. The average molecular weight is 406 g/mol. The summed E-state index contributed by atoms with van der Waals surface area (Å²) < 4.78 is 1.86. The first-order valence-corrected chi connectivity index (χ1v) is 9.65. The van der Waals surface area contributed by atoms with E-state index < -0.39 is 10.8 Å². The molecule has 0 aliphatic carbocycles. The van der Waals surface area contributed by atoms with Gasteiger partial charge in [0, 0.05) is 28.4 Å². The number of rotatable bonds is 6. The highest BCUT2D eigenvalue weighted by atomic mass is 32.1. The third-order valence-electron chi connectivity index (χ3n) is 4.44. The van der Waals surface area contributed by atoms with E-state index in [2.05, 4.69) is 5.32 Å². The standard InChI is InChI=1S/C21H18N4O3S/c1-14-9-16(10-17(12-22)21(26)23-13-20-7-4-8-29-20)15(2)24(14)18-5-3-6-19(11-18)25(27)28/h3-11H,13H2,1-2H3,(H,23,26). The first-order valence-electron chi connectivity index (χ1n) is 8.77. The van der Waals surface area contributed by atoms with Crippen LogP contribution in [0.25, 0.3) is 11.8 Å². The van der Waals surface area contributed by atoms with Crippen molar-refractivity contribution in [3.8, 4) is 11.8 Å². The molecule has 1 N–H and O–H groups in total. The number of thiophene rings is 1. The molecule has 0 fully saturated rings. The number of hydrogen-bond acceptors (Lipinski definition) is 5. The fourth-order valence-corrected chi connectivity index (χ4v) is 3.70. The number of hydrogen-bond donors (Lipinski definition) is 1. The van der Waals surface area contributed by atoms with Gasteiger partial charge in [-0.25, -0.2) is 0 Å². The summed E-state index contributed by atoms with van der Waals surface area (Å²) in [5.41, 5.74) is 2.97. The van der Waals surface area contributed by atoms with Gasteiger partial charge in [-0.15, -0.1) is 11.3 Å². The molecule has 0 saturated carbocycles. The van der Waals surface area contributed by atoms with Crippen molar-refractivity contribution in [1.82, 2.24) is 9.88 Å². The lowest BCUT2D eigenvalue weighted by Gasteiger charge is -2.09. The van der Waals surface area contributed by atoms with E-state index in [9.17, 15) is 20.2 Å². The molecule has 0 saturated heterocycles. The molecule has 0 aliphatic heterocycles. The molecule has 3 rings (SSSR count). The molecule has 0 aliphatic rings. The van der Waals surface area contributed by atoms with Gasteiger partial charge in [0.25, 0.3) is 11.6 Å². The van der Waals surface area contributed by atoms with Crippen molar-refractivity contribution in [1.29, 1.82) is 5.26 Å². The van der Waals surface area contributed by atoms with Gasteiger partial charge in [-0.1, -0.05) is 12.1 Å². The molecular weight excluding hydrogens is 388 g/mol. The fraction of sp³-hybridized carbons (Fsp3) is 0.143. The molecule has 0 spiro atoms. The Morgan fingerprint density at radius 2 is 2.10 bits per heavy atom. The van der Waals surface area contributed by atoms with Crippen LogP contribution in [-0.4, -0.2) is 15.4 Å². The minimum absolute atomic E-state index is 0.000786. The summed E-state index contributed by atoms with van der Waals surface area (Å²) in [5, 5.41) is 25.2. The number of aryl methyl sites for hydroxylation is 1. The highest BCUT2D eigenvalue weighted by Crippen LogP contribution is 2.25. The second-order valence-corrected chi connectivity index (χ2v) is 7.40. The van der Waals surface area contributed by atoms with Gasteiger partial charge in [0.2, 0.25) is 0 Å². The van der Waals surface area contributed by atoms with Crippen LogP contribution in [0.2, 0.25) is 0 Å². The van der Waals surface area contributed by atoms with Gasteiger partial charge >= 0.3 is 0 Å². The molecule has 146 valence electrons. The molecule has 0 radical (unpaired) electrons. The zero-order valence-electron chi connectivity index (χ0n) is 15.9. The van der Waals surface area contributed by atoms with E-state index in [4.69, 9.17) is 0 Å². The van der Waals surface area contributed by atoms with Crippen molar-refractivity contribution in [2.24, 2.45) is 0 Å². The summed E-state index contributed by atoms with van der Waals surface area (Å²) in [6.45, 7) is 4.07. The van der Waals surface area contributed by atoms with Crippen molar-refractivity contribution >= 4 is 29.0 Å². The van der Waals surface area contributed by atoms with Crippen LogP contribution >= 0.6 is 11.3 Å². The number of nitriles is 1. The Hall–Kier alpha value is -3.70. The number of benzene rings is 1. The van der Waals surface area contributed by atoms with Gasteiger partial charge < -0.3 is 9.88 Å². The summed E-state index contributed by atoms with van der Waals surface area (Å²) in [4.78, 5) is 24.0. The molecule has 2 aromatic heterocycles. The minimum Gasteiger partial charge on any atom is -0.347 e. The van der Waals surface area contributed by atoms with Crippen LogP contribution in [-0.2, 0) is 11.3 Å². The predicted molar refractivity (Wildman–Crippen MR) is 112 cm³/mol. The maximum Gasteiger partial charge on any atom is 0.271 e. The van der Waals surface area contributed by atoms with Crippen molar-refractivity contribution in [3.63, 3.8) is 0 Å². The largest absolute Gasteiger partial charge is 0.347 e. The maximum atomic E-state index is 12.4. The van der Waals surface area contributed by atoms with Crippen LogP contribution in [0, 0.1) is 35.3 Å². The smallest absolute Gasteiger partial charge is 0.271 e. The Kier molecular flexibility index (Phi) is 5.90. The zero-order chi connectivity index (χ0) is 21.0. The van der Waals surface area contributed by atoms with Gasteiger partial charge in [0.15, 0.2) is 0 Å². The number of nitrogens with zero attached hydrogens (tertiary/aromatic N) is 3. The molecule has 1 amide bonds. The molecule has 1 aromatic carbocycles. The third-order valence-corrected chi connectivity index (χ3v) is 5.31. The van der Waals surface area contributed by atoms with Gasteiger partial charge in [-0.05, 0) is 49.1 Å². The van der Waals surface area contributed by atoms with Crippen molar-refractivity contribution < 1.29 is 9.72 Å². The quantitative estimate of drug-likeness (QED) is 0.286. The van der Waals surface area contributed by atoms with Gasteiger partial charge in [0.05, 0.1) is 17.2 Å². The first kappa shape index (κ1) is 20.0. The maximum absolute atomic E-state index is 12.4. The molecule has 0 bridgehead atoms. The Labute approximate surface area is 171 Å². The second-order valence-electron chi connectivity index (χ2n) is 6.37. The molecule has 0 unspecified atom stereocenters. The van der Waals surface area contributed by atoms with Crippen LogP contribution in [0.4, 0.5) is 5.69 Å². The van der Waals surface area contributed by atoms with Crippen LogP contribution in [0.1, 0.15) is 21.8 Å². The van der Waals surface area contributed by atoms with Crippen molar-refractivity contribution in [2.45, 2.75) is 20.4 Å². The van der Waals surface area contributed by atoms with Gasteiger partial charge in [-0.2, -0.15) is 5.26 Å². The van der Waals surface area contributed by atoms with E-state index in [0.29, 0.717) is 17.8 Å². The number of nitrogens with one attached hydrogen (secondary N) is 1. The Morgan fingerprint density at radius 3 is 2.76 bits per heavy atom. The summed E-state index contributed by atoms with van der Waals surface area (Å²) in [7, 11) is 0. The Morgan fingerprint density at radius 1 is 1.31 bits per heavy atom. The molecule has 0 atom stereocenters. The van der Waals surface area contributed by atoms with Crippen molar-refractivity contribution in [2.75, 3.05) is 0 Å². The third kappa shape index (κ3) is 4.42. The zero-order valence-corrected chi connectivity index (χ0v) is 16.7. The highest BCUT2D eigenvalue weighted by Gasteiger charge is 2.15. The van der Waals surface area contributed by atoms with E-state index in [1.165, 1.54) is 23.5 Å². The second kappa shape index (κ2) is 8.54. The number of non-ortho nitro benzene ring substituents is 1. The number of nitro groups is 1. The number of carbonyl (C=O) groups is 1. The molecule has 8 heteroatoms. The van der Waals surface area contributed by atoms with Crippen LogP contribution < -0.4 is 5.32 Å². The Bertz CT molecular complexity index is 1140.